The van der Waals surface area contributed by atoms with Gasteiger partial charge in [0.15, 0.2) is 0 Å². The van der Waals surface area contributed by atoms with Crippen LogP contribution in [0.15, 0.2) is 0 Å². The molecule has 0 aromatic carbocycles. The highest BCUT2D eigenvalue weighted by Crippen LogP contribution is 2.15. The molecule has 0 aromatic rings. The predicted octanol–water partition coefficient (Wildman–Crippen LogP) is 10.5. The Kier molecular flexibility index (Phi) is 29.4. The maximum atomic E-state index is 12.8. The topological polar surface area (TPSA) is 84.9 Å². The van der Waals surface area contributed by atoms with Crippen molar-refractivity contribution in [2.24, 2.45) is 0 Å². The first kappa shape index (κ1) is 45.4. The molecule has 0 heterocycles. The Morgan fingerprint density at radius 2 is 1.00 bits per heavy atom. The number of carbonyl (C=O) groups excluding carboxylic acids is 3. The Morgan fingerprint density at radius 3 is 1.38 bits per heavy atom. The van der Waals surface area contributed by atoms with Crippen LogP contribution < -0.4 is 5.32 Å². The van der Waals surface area contributed by atoms with Crippen molar-refractivity contribution in [1.29, 1.82) is 0 Å². The average Bonchev–Trinajstić information content (AvgIpc) is 3.02. The van der Waals surface area contributed by atoms with Gasteiger partial charge in [-0.1, -0.05) is 142 Å². The van der Waals surface area contributed by atoms with Gasteiger partial charge in [0.05, 0.1) is 0 Å². The van der Waals surface area contributed by atoms with Crippen molar-refractivity contribution in [1.82, 2.24) is 10.2 Å². The van der Waals surface area contributed by atoms with Crippen molar-refractivity contribution in [2.75, 3.05) is 19.7 Å². The van der Waals surface area contributed by atoms with Crippen LogP contribution in [0.4, 0.5) is 0 Å². The third-order valence-electron chi connectivity index (χ3n) is 9.10. The molecule has 7 nitrogen and oxygen atoms in total. The second kappa shape index (κ2) is 30.4. The van der Waals surface area contributed by atoms with Gasteiger partial charge < -0.3 is 19.7 Å². The number of nitrogens with zero attached hydrogens (tertiary/aromatic N) is 1. The number of esters is 2. The van der Waals surface area contributed by atoms with Gasteiger partial charge in [-0.2, -0.15) is 0 Å². The highest BCUT2D eigenvalue weighted by molar-refractivity contribution is 5.73. The summed E-state index contributed by atoms with van der Waals surface area (Å²) in [5.41, 5.74) is -0.407. The maximum absolute atomic E-state index is 12.8. The van der Waals surface area contributed by atoms with Crippen LogP contribution >= 0.6 is 0 Å². The van der Waals surface area contributed by atoms with Crippen LogP contribution in [-0.2, 0) is 23.9 Å². The molecule has 0 aliphatic rings. The molecule has 0 spiro atoms. The van der Waals surface area contributed by atoms with Crippen molar-refractivity contribution in [2.45, 2.75) is 220 Å². The monoisotopic (exact) mass is 667 g/mol. The second-order valence-corrected chi connectivity index (χ2v) is 14.9. The maximum Gasteiger partial charge on any atom is 0.306 e. The van der Waals surface area contributed by atoms with Gasteiger partial charge in [0, 0.05) is 44.4 Å². The SMILES string of the molecule is CCCCCCCCCCCCCC(=O)OCC(CNC(C)(C)CN(C(C)=O)C(C)C)OC(=O)CCCCCCCCCCCCC. The van der Waals surface area contributed by atoms with Crippen LogP contribution in [0, 0.1) is 0 Å². The van der Waals surface area contributed by atoms with Gasteiger partial charge in [0.25, 0.3) is 0 Å². The van der Waals surface area contributed by atoms with E-state index in [1.165, 1.54) is 103 Å². The van der Waals surface area contributed by atoms with Crippen LogP contribution in [0.1, 0.15) is 203 Å². The summed E-state index contributed by atoms with van der Waals surface area (Å²) >= 11 is 0. The van der Waals surface area contributed by atoms with Gasteiger partial charge in [-0.05, 0) is 40.5 Å². The standard InChI is InChI=1S/C40H78N2O5/c1-8-10-12-14-16-18-20-22-24-26-28-30-38(44)46-33-37(32-41-40(6,7)34-42(35(3)4)36(5)43)47-39(45)31-29-27-25-23-21-19-17-15-13-11-9-2/h35,37,41H,8-34H2,1-7H3. The summed E-state index contributed by atoms with van der Waals surface area (Å²) in [5.74, 6) is -0.435. The highest BCUT2D eigenvalue weighted by Gasteiger charge is 2.27. The van der Waals surface area contributed by atoms with E-state index in [-0.39, 0.29) is 30.5 Å². The number of amides is 1. The summed E-state index contributed by atoms with van der Waals surface area (Å²) in [6.07, 6.45) is 27.3. The highest BCUT2D eigenvalue weighted by atomic mass is 16.6. The smallest absolute Gasteiger partial charge is 0.306 e. The Balaban J connectivity index is 4.58. The molecular formula is C40H78N2O5. The van der Waals surface area contributed by atoms with Crippen molar-refractivity contribution < 1.29 is 23.9 Å². The van der Waals surface area contributed by atoms with Gasteiger partial charge in [0.2, 0.25) is 5.91 Å². The zero-order chi connectivity index (χ0) is 35.2. The summed E-state index contributed by atoms with van der Waals surface area (Å²) in [6.45, 7) is 15.1. The van der Waals surface area contributed by atoms with E-state index in [1.54, 1.807) is 6.92 Å². The molecule has 47 heavy (non-hydrogen) atoms. The molecule has 0 rings (SSSR count). The van der Waals surface area contributed by atoms with Gasteiger partial charge in [0.1, 0.15) is 12.7 Å². The molecule has 0 bridgehead atoms. The van der Waals surface area contributed by atoms with Crippen LogP contribution in [0.5, 0.6) is 0 Å². The van der Waals surface area contributed by atoms with Crippen LogP contribution in [0.3, 0.4) is 0 Å². The Morgan fingerprint density at radius 1 is 0.617 bits per heavy atom. The van der Waals surface area contributed by atoms with E-state index in [0.717, 1.165) is 38.5 Å². The fourth-order valence-electron chi connectivity index (χ4n) is 6.03. The van der Waals surface area contributed by atoms with Crippen LogP contribution in [0.2, 0.25) is 0 Å². The molecule has 0 saturated heterocycles. The summed E-state index contributed by atoms with van der Waals surface area (Å²) < 4.78 is 11.5. The number of ether oxygens (including phenoxy) is 2. The molecule has 0 aliphatic heterocycles. The molecule has 7 heteroatoms. The van der Waals surface area contributed by atoms with Crippen LogP contribution in [0.25, 0.3) is 0 Å². The Hall–Kier alpha value is -1.63. The van der Waals surface area contributed by atoms with Crippen molar-refractivity contribution >= 4 is 17.8 Å². The molecule has 1 atom stereocenters. The summed E-state index contributed by atoms with van der Waals surface area (Å²) in [7, 11) is 0. The first-order chi connectivity index (χ1) is 22.5. The fraction of sp³-hybridized carbons (Fsp3) is 0.925. The lowest BCUT2D eigenvalue weighted by molar-refractivity contribution is -0.159. The first-order valence-electron chi connectivity index (χ1n) is 19.9. The number of unbranched alkanes of at least 4 members (excludes halogenated alkanes) is 20. The zero-order valence-electron chi connectivity index (χ0n) is 32.2. The normalized spacial score (nSPS) is 12.3. The number of rotatable bonds is 33. The minimum Gasteiger partial charge on any atom is -0.462 e. The Bertz CT molecular complexity index is 770. The van der Waals surface area contributed by atoms with E-state index < -0.39 is 11.6 Å². The van der Waals surface area contributed by atoms with E-state index in [4.69, 9.17) is 9.47 Å². The molecule has 1 unspecified atom stereocenters. The van der Waals surface area contributed by atoms with Crippen molar-refractivity contribution in [3.8, 4) is 0 Å². The minimum atomic E-state index is -0.569. The molecule has 0 aliphatic carbocycles. The molecule has 0 aromatic heterocycles. The molecule has 0 radical (unpaired) electrons. The van der Waals surface area contributed by atoms with Crippen molar-refractivity contribution in [3.63, 3.8) is 0 Å². The van der Waals surface area contributed by atoms with Gasteiger partial charge >= 0.3 is 11.9 Å². The van der Waals surface area contributed by atoms with Crippen molar-refractivity contribution in [3.05, 3.63) is 0 Å². The predicted molar refractivity (Wildman–Crippen MR) is 198 cm³/mol. The van der Waals surface area contributed by atoms with E-state index in [9.17, 15) is 14.4 Å². The number of hydrogen-bond acceptors (Lipinski definition) is 6. The van der Waals surface area contributed by atoms with Gasteiger partial charge in [-0.3, -0.25) is 14.4 Å². The van der Waals surface area contributed by atoms with E-state index in [2.05, 4.69) is 19.2 Å². The molecule has 0 fully saturated rings. The molecule has 1 amide bonds. The lowest BCUT2D eigenvalue weighted by Gasteiger charge is -2.36. The third-order valence-corrected chi connectivity index (χ3v) is 9.10. The number of nitrogens with one attached hydrogen (secondary N) is 1. The van der Waals surface area contributed by atoms with Gasteiger partial charge in [-0.15, -0.1) is 0 Å². The number of hydrogen-bond donors (Lipinski definition) is 1. The van der Waals surface area contributed by atoms with E-state index in [0.29, 0.717) is 25.9 Å². The van der Waals surface area contributed by atoms with E-state index >= 15 is 0 Å². The lowest BCUT2D eigenvalue weighted by Crippen LogP contribution is -2.54. The zero-order valence-corrected chi connectivity index (χ0v) is 32.2. The Labute approximate surface area is 291 Å². The summed E-state index contributed by atoms with van der Waals surface area (Å²) in [4.78, 5) is 39.3. The lowest BCUT2D eigenvalue weighted by atomic mass is 10.0. The fourth-order valence-corrected chi connectivity index (χ4v) is 6.03. The van der Waals surface area contributed by atoms with Crippen LogP contribution in [-0.4, -0.2) is 60.1 Å². The summed E-state index contributed by atoms with van der Waals surface area (Å²) in [5, 5.41) is 3.47. The second-order valence-electron chi connectivity index (χ2n) is 14.9. The average molecular weight is 667 g/mol. The largest absolute Gasteiger partial charge is 0.462 e. The number of carbonyl (C=O) groups is 3. The van der Waals surface area contributed by atoms with Gasteiger partial charge in [-0.25, -0.2) is 0 Å². The molecule has 0 saturated carbocycles. The third kappa shape index (κ3) is 29.0. The molecule has 1 N–H and O–H groups in total. The first-order valence-corrected chi connectivity index (χ1v) is 19.9. The quantitative estimate of drug-likeness (QED) is 0.0554. The van der Waals surface area contributed by atoms with E-state index in [1.807, 2.05) is 32.6 Å². The molecule has 278 valence electrons. The minimum absolute atomic E-state index is 0.0289. The summed E-state index contributed by atoms with van der Waals surface area (Å²) in [6, 6.07) is 0.0875. The molecular weight excluding hydrogens is 588 g/mol.